The first-order valence-corrected chi connectivity index (χ1v) is 13.9. The van der Waals surface area contributed by atoms with Crippen LogP contribution >= 0.6 is 0 Å². The molecule has 1 aromatic carbocycles. The highest BCUT2D eigenvalue weighted by Gasteiger charge is 2.24. The number of piperidine rings is 1. The van der Waals surface area contributed by atoms with E-state index in [1.807, 2.05) is 0 Å². The number of nitrogens with zero attached hydrogens (tertiary/aromatic N) is 5. The molecule has 1 atom stereocenters. The van der Waals surface area contributed by atoms with E-state index in [1.54, 1.807) is 28.9 Å². The van der Waals surface area contributed by atoms with Gasteiger partial charge in [0.25, 0.3) is 5.91 Å². The van der Waals surface area contributed by atoms with Gasteiger partial charge in [0.2, 0.25) is 11.9 Å². The highest BCUT2D eigenvalue weighted by Crippen LogP contribution is 2.34. The van der Waals surface area contributed by atoms with Crippen molar-refractivity contribution in [3.8, 4) is 5.75 Å². The molecule has 1 aliphatic rings. The predicted octanol–water partition coefficient (Wildman–Crippen LogP) is 2.33. The highest BCUT2D eigenvalue weighted by molar-refractivity contribution is 7.90. The van der Waals surface area contributed by atoms with E-state index >= 15 is 0 Å². The van der Waals surface area contributed by atoms with E-state index < -0.39 is 15.7 Å². The minimum atomic E-state index is -3.47. The van der Waals surface area contributed by atoms with Crippen LogP contribution in [0.15, 0.2) is 48.3 Å². The molecule has 0 unspecified atom stereocenters. The molecule has 39 heavy (non-hydrogen) atoms. The van der Waals surface area contributed by atoms with Crippen molar-refractivity contribution < 1.29 is 22.7 Å². The lowest BCUT2D eigenvalue weighted by molar-refractivity contribution is -0.127. The zero-order chi connectivity index (χ0) is 28.3. The van der Waals surface area contributed by atoms with Gasteiger partial charge in [0.1, 0.15) is 17.1 Å². The summed E-state index contributed by atoms with van der Waals surface area (Å²) in [7, 11) is -2.07. The molecule has 0 aliphatic carbocycles. The Hall–Kier alpha value is -4.46. The number of amides is 2. The molecule has 0 spiro atoms. The Balaban J connectivity index is 1.59. The molecule has 0 radical (unpaired) electrons. The van der Waals surface area contributed by atoms with Gasteiger partial charge in [-0.05, 0) is 37.5 Å². The standard InChI is InChI=1S/C25H30N8O5S/c1-5-21(34)32-8-6-7-17(14-32)33-13-16(11-28-33)29-25-27-12-19(23(26)35)24(31-25)30-22-15(2)9-18(39(4,36)37)10-20(22)38-3/h5,9-13,17H,1,6-8,14H2,2-4H3,(H2,26,35)(H2,27,29,30,31)/t17-/m0/s1. The van der Waals surface area contributed by atoms with Crippen molar-refractivity contribution >= 4 is 44.8 Å². The van der Waals surface area contributed by atoms with Crippen molar-refractivity contribution in [3.63, 3.8) is 0 Å². The average molecular weight is 555 g/mol. The van der Waals surface area contributed by atoms with Gasteiger partial charge in [-0.25, -0.2) is 13.4 Å². The molecule has 2 aromatic heterocycles. The molecule has 13 nitrogen and oxygen atoms in total. The number of carbonyl (C=O) groups excluding carboxylic acids is 2. The number of ether oxygens (including phenoxy) is 1. The van der Waals surface area contributed by atoms with Gasteiger partial charge in [-0.1, -0.05) is 6.58 Å². The molecule has 206 valence electrons. The van der Waals surface area contributed by atoms with Crippen molar-refractivity contribution in [3.05, 3.63) is 54.5 Å². The lowest BCUT2D eigenvalue weighted by Gasteiger charge is -2.32. The maximum absolute atomic E-state index is 12.1. The molecule has 2 amide bonds. The van der Waals surface area contributed by atoms with Crippen LogP contribution in [0.5, 0.6) is 5.75 Å². The molecule has 1 fully saturated rings. The third-order valence-electron chi connectivity index (χ3n) is 6.33. The zero-order valence-electron chi connectivity index (χ0n) is 21.8. The summed E-state index contributed by atoms with van der Waals surface area (Å²) in [6.45, 7) is 6.48. The minimum absolute atomic E-state index is 0.0129. The van der Waals surface area contributed by atoms with Gasteiger partial charge in [0.15, 0.2) is 9.84 Å². The summed E-state index contributed by atoms with van der Waals surface area (Å²) in [5.74, 6) is -0.342. The molecule has 1 saturated heterocycles. The summed E-state index contributed by atoms with van der Waals surface area (Å²) in [5.41, 5.74) is 7.15. The second kappa shape index (κ2) is 11.1. The quantitative estimate of drug-likeness (QED) is 0.333. The SMILES string of the molecule is C=CC(=O)N1CCC[C@H](n2cc(Nc3ncc(C(N)=O)c(Nc4c(C)cc(S(C)(=O)=O)cc4OC)n3)cn2)C1. The van der Waals surface area contributed by atoms with Gasteiger partial charge in [0, 0.05) is 37.8 Å². The number of sulfone groups is 1. The normalized spacial score (nSPS) is 15.5. The first kappa shape index (κ1) is 27.6. The number of aryl methyl sites for hydroxylation is 1. The maximum atomic E-state index is 12.1. The van der Waals surface area contributed by atoms with Crippen molar-refractivity contribution in [2.24, 2.45) is 5.73 Å². The summed E-state index contributed by atoms with van der Waals surface area (Å²) in [6, 6.07) is 2.89. The van der Waals surface area contributed by atoms with E-state index in [0.29, 0.717) is 30.0 Å². The van der Waals surface area contributed by atoms with Crippen LogP contribution in [0.3, 0.4) is 0 Å². The lowest BCUT2D eigenvalue weighted by atomic mass is 10.1. The number of benzene rings is 1. The number of hydrogen-bond donors (Lipinski definition) is 3. The Labute approximate surface area is 226 Å². The molecule has 3 heterocycles. The molecule has 0 bridgehead atoms. The fraction of sp³-hybridized carbons (Fsp3) is 0.320. The van der Waals surface area contributed by atoms with E-state index in [0.717, 1.165) is 19.1 Å². The van der Waals surface area contributed by atoms with Gasteiger partial charge in [-0.3, -0.25) is 14.3 Å². The van der Waals surface area contributed by atoms with Crippen LogP contribution < -0.4 is 21.1 Å². The van der Waals surface area contributed by atoms with Gasteiger partial charge >= 0.3 is 0 Å². The highest BCUT2D eigenvalue weighted by atomic mass is 32.2. The number of nitrogens with one attached hydrogen (secondary N) is 2. The minimum Gasteiger partial charge on any atom is -0.495 e. The van der Waals surface area contributed by atoms with Gasteiger partial charge in [-0.15, -0.1) is 0 Å². The first-order chi connectivity index (χ1) is 18.5. The number of hydrogen-bond acceptors (Lipinski definition) is 10. The van der Waals surface area contributed by atoms with E-state index in [9.17, 15) is 18.0 Å². The monoisotopic (exact) mass is 554 g/mol. The maximum Gasteiger partial charge on any atom is 0.254 e. The summed E-state index contributed by atoms with van der Waals surface area (Å²) < 4.78 is 31.3. The number of rotatable bonds is 9. The Morgan fingerprint density at radius 1 is 1.26 bits per heavy atom. The number of likely N-dealkylation sites (tertiary alicyclic amines) is 1. The number of nitrogens with two attached hydrogens (primary N) is 1. The molecule has 3 aromatic rings. The fourth-order valence-corrected chi connectivity index (χ4v) is 5.04. The lowest BCUT2D eigenvalue weighted by Crippen LogP contribution is -2.39. The molecule has 4 N–H and O–H groups in total. The summed E-state index contributed by atoms with van der Waals surface area (Å²) in [4.78, 5) is 34.6. The average Bonchev–Trinajstić information content (AvgIpc) is 3.37. The first-order valence-electron chi connectivity index (χ1n) is 12.0. The third-order valence-corrected chi connectivity index (χ3v) is 7.43. The predicted molar refractivity (Wildman–Crippen MR) is 145 cm³/mol. The smallest absolute Gasteiger partial charge is 0.254 e. The number of carbonyl (C=O) groups is 2. The van der Waals surface area contributed by atoms with Crippen molar-refractivity contribution in [2.45, 2.75) is 30.7 Å². The van der Waals surface area contributed by atoms with E-state index in [2.05, 4.69) is 32.3 Å². The summed E-state index contributed by atoms with van der Waals surface area (Å²) in [6.07, 6.45) is 8.85. The topological polar surface area (TPSA) is 174 Å². The molecular weight excluding hydrogens is 524 g/mol. The molecule has 14 heteroatoms. The van der Waals surface area contributed by atoms with Crippen LogP contribution in [0, 0.1) is 6.92 Å². The molecule has 1 aliphatic heterocycles. The molecule has 0 saturated carbocycles. The van der Waals surface area contributed by atoms with Crippen LogP contribution in [0.25, 0.3) is 0 Å². The van der Waals surface area contributed by atoms with Crippen molar-refractivity contribution in [1.82, 2.24) is 24.6 Å². The second-order valence-corrected chi connectivity index (χ2v) is 11.2. The van der Waals surface area contributed by atoms with Crippen LogP contribution in [-0.4, -0.2) is 71.3 Å². The number of primary amides is 1. The van der Waals surface area contributed by atoms with Crippen molar-refractivity contribution in [1.29, 1.82) is 0 Å². The number of anilines is 4. The molecular formula is C25H30N8O5S. The van der Waals surface area contributed by atoms with Crippen LogP contribution in [0.1, 0.15) is 34.8 Å². The Kier molecular flexibility index (Phi) is 7.85. The Morgan fingerprint density at radius 3 is 2.69 bits per heavy atom. The second-order valence-electron chi connectivity index (χ2n) is 9.15. The largest absolute Gasteiger partial charge is 0.495 e. The summed E-state index contributed by atoms with van der Waals surface area (Å²) in [5, 5.41) is 10.5. The molecule has 4 rings (SSSR count). The van der Waals surface area contributed by atoms with Crippen LogP contribution in [0.4, 0.5) is 23.1 Å². The van der Waals surface area contributed by atoms with Crippen LogP contribution in [0.2, 0.25) is 0 Å². The zero-order valence-corrected chi connectivity index (χ0v) is 22.7. The summed E-state index contributed by atoms with van der Waals surface area (Å²) >= 11 is 0. The van der Waals surface area contributed by atoms with E-state index in [4.69, 9.17) is 10.5 Å². The Morgan fingerprint density at radius 2 is 2.03 bits per heavy atom. The fourth-order valence-electron chi connectivity index (χ4n) is 4.33. The van der Waals surface area contributed by atoms with Gasteiger partial charge < -0.3 is 26.0 Å². The van der Waals surface area contributed by atoms with E-state index in [-0.39, 0.29) is 39.9 Å². The Bertz CT molecular complexity index is 1540. The van der Waals surface area contributed by atoms with E-state index in [1.165, 1.54) is 31.5 Å². The number of methoxy groups -OCH3 is 1. The van der Waals surface area contributed by atoms with Crippen LogP contribution in [-0.2, 0) is 14.6 Å². The van der Waals surface area contributed by atoms with Gasteiger partial charge in [-0.2, -0.15) is 10.1 Å². The third kappa shape index (κ3) is 6.17. The van der Waals surface area contributed by atoms with Gasteiger partial charge in [0.05, 0.1) is 35.6 Å². The number of aromatic nitrogens is 4. The van der Waals surface area contributed by atoms with Crippen molar-refractivity contribution in [2.75, 3.05) is 37.1 Å².